The second-order valence-corrected chi connectivity index (χ2v) is 3.56. The molecule has 0 fully saturated rings. The van der Waals surface area contributed by atoms with Crippen molar-refractivity contribution in [3.8, 4) is 0 Å². The number of hydrogen-bond donors (Lipinski definition) is 1. The van der Waals surface area contributed by atoms with Gasteiger partial charge in [0, 0.05) is 6.54 Å². The summed E-state index contributed by atoms with van der Waals surface area (Å²) in [5.74, 6) is 1.29. The third-order valence-corrected chi connectivity index (χ3v) is 2.71. The number of hydrogen-bond acceptors (Lipinski definition) is 2. The molecular formula is C9H12BrNO2. The van der Waals surface area contributed by atoms with E-state index in [1.54, 1.807) is 6.92 Å². The molecular weight excluding hydrogens is 234 g/mol. The van der Waals surface area contributed by atoms with Gasteiger partial charge in [-0.15, -0.1) is 0 Å². The highest BCUT2D eigenvalue weighted by atomic mass is 79.9. The van der Waals surface area contributed by atoms with E-state index in [4.69, 9.17) is 4.42 Å². The van der Waals surface area contributed by atoms with E-state index in [9.17, 15) is 4.79 Å². The Kier molecular flexibility index (Phi) is 3.14. The molecule has 0 unspecified atom stereocenters. The molecule has 0 radical (unpaired) electrons. The smallest absolute Gasteiger partial charge is 0.255 e. The zero-order valence-corrected chi connectivity index (χ0v) is 9.49. The van der Waals surface area contributed by atoms with Crippen molar-refractivity contribution in [3.05, 3.63) is 21.6 Å². The largest absolute Gasteiger partial charge is 0.465 e. The first-order valence-corrected chi connectivity index (χ1v) is 4.91. The molecule has 0 saturated carbocycles. The standard InChI is InChI=1S/C9H12BrNO2/c1-4-11-9(12)7-5(2)13-6(3)8(7)10/h4H2,1-3H3,(H,11,12). The number of nitrogens with one attached hydrogen (secondary N) is 1. The van der Waals surface area contributed by atoms with Gasteiger partial charge >= 0.3 is 0 Å². The molecule has 0 aliphatic carbocycles. The first-order chi connectivity index (χ1) is 6.07. The predicted molar refractivity (Wildman–Crippen MR) is 53.9 cm³/mol. The van der Waals surface area contributed by atoms with Gasteiger partial charge in [0.1, 0.15) is 11.5 Å². The van der Waals surface area contributed by atoms with E-state index in [0.29, 0.717) is 17.9 Å². The van der Waals surface area contributed by atoms with Crippen LogP contribution in [0.3, 0.4) is 0 Å². The Morgan fingerprint density at radius 2 is 2.08 bits per heavy atom. The van der Waals surface area contributed by atoms with Gasteiger partial charge in [-0.1, -0.05) is 0 Å². The fourth-order valence-electron chi connectivity index (χ4n) is 1.16. The molecule has 0 bridgehead atoms. The Morgan fingerprint density at radius 3 is 2.46 bits per heavy atom. The normalized spacial score (nSPS) is 10.2. The van der Waals surface area contributed by atoms with E-state index in [0.717, 1.165) is 10.2 Å². The van der Waals surface area contributed by atoms with Crippen LogP contribution in [0.1, 0.15) is 28.8 Å². The zero-order valence-electron chi connectivity index (χ0n) is 7.90. The highest BCUT2D eigenvalue weighted by molar-refractivity contribution is 9.10. The average molecular weight is 246 g/mol. The van der Waals surface area contributed by atoms with Crippen LogP contribution in [0.15, 0.2) is 8.89 Å². The van der Waals surface area contributed by atoms with Crippen molar-refractivity contribution >= 4 is 21.8 Å². The second kappa shape index (κ2) is 3.96. The van der Waals surface area contributed by atoms with Crippen molar-refractivity contribution < 1.29 is 9.21 Å². The molecule has 0 spiro atoms. The first-order valence-electron chi connectivity index (χ1n) is 4.11. The summed E-state index contributed by atoms with van der Waals surface area (Å²) >= 11 is 3.32. The topological polar surface area (TPSA) is 42.2 Å². The Labute approximate surface area is 85.6 Å². The van der Waals surface area contributed by atoms with Crippen LogP contribution in [0.2, 0.25) is 0 Å². The highest BCUT2D eigenvalue weighted by Crippen LogP contribution is 2.26. The predicted octanol–water partition coefficient (Wildman–Crippen LogP) is 2.41. The fraction of sp³-hybridized carbons (Fsp3) is 0.444. The van der Waals surface area contributed by atoms with Crippen LogP contribution >= 0.6 is 15.9 Å². The van der Waals surface area contributed by atoms with Crippen LogP contribution in [0, 0.1) is 13.8 Å². The molecule has 0 aliphatic rings. The summed E-state index contributed by atoms with van der Waals surface area (Å²) < 4.78 is 6.05. The Balaban J connectivity index is 3.06. The third kappa shape index (κ3) is 1.94. The number of carbonyl (C=O) groups excluding carboxylic acids is 1. The van der Waals surface area contributed by atoms with Crippen LogP contribution in [-0.2, 0) is 0 Å². The number of rotatable bonds is 2. The molecule has 4 heteroatoms. The number of furan rings is 1. The first kappa shape index (κ1) is 10.3. The van der Waals surface area contributed by atoms with Crippen molar-refractivity contribution in [2.24, 2.45) is 0 Å². The second-order valence-electron chi connectivity index (χ2n) is 2.76. The van der Waals surface area contributed by atoms with Crippen LogP contribution < -0.4 is 5.32 Å². The molecule has 1 heterocycles. The molecule has 72 valence electrons. The maximum Gasteiger partial charge on any atom is 0.255 e. The molecule has 0 aromatic carbocycles. The molecule has 1 rings (SSSR count). The minimum Gasteiger partial charge on any atom is -0.465 e. The van der Waals surface area contributed by atoms with Gasteiger partial charge in [-0.2, -0.15) is 0 Å². The van der Waals surface area contributed by atoms with E-state index < -0.39 is 0 Å². The molecule has 1 amide bonds. The summed E-state index contributed by atoms with van der Waals surface area (Å²) in [6.45, 7) is 6.10. The van der Waals surface area contributed by atoms with E-state index in [2.05, 4.69) is 21.2 Å². The van der Waals surface area contributed by atoms with Gasteiger partial charge in [0.05, 0.1) is 10.0 Å². The van der Waals surface area contributed by atoms with Crippen molar-refractivity contribution in [3.63, 3.8) is 0 Å². The zero-order chi connectivity index (χ0) is 10.0. The summed E-state index contributed by atoms with van der Waals surface area (Å²) in [6.07, 6.45) is 0. The number of carbonyl (C=O) groups is 1. The Hall–Kier alpha value is -0.770. The minimum atomic E-state index is -0.0938. The third-order valence-electron chi connectivity index (χ3n) is 1.75. The SMILES string of the molecule is CCNC(=O)c1c(C)oc(C)c1Br. The fourth-order valence-corrected chi connectivity index (χ4v) is 1.70. The monoisotopic (exact) mass is 245 g/mol. The lowest BCUT2D eigenvalue weighted by atomic mass is 10.2. The van der Waals surface area contributed by atoms with Gasteiger partial charge in [0.15, 0.2) is 0 Å². The molecule has 3 nitrogen and oxygen atoms in total. The molecule has 0 atom stereocenters. The van der Waals surface area contributed by atoms with Gasteiger partial charge < -0.3 is 9.73 Å². The van der Waals surface area contributed by atoms with Gasteiger partial charge in [-0.25, -0.2) is 0 Å². The van der Waals surface area contributed by atoms with Crippen molar-refractivity contribution in [2.75, 3.05) is 6.54 Å². The molecule has 0 saturated heterocycles. The molecule has 1 aromatic heterocycles. The summed E-state index contributed by atoms with van der Waals surface area (Å²) in [6, 6.07) is 0. The lowest BCUT2D eigenvalue weighted by molar-refractivity contribution is 0.0953. The van der Waals surface area contributed by atoms with Gasteiger partial charge in [-0.3, -0.25) is 4.79 Å². The van der Waals surface area contributed by atoms with Crippen molar-refractivity contribution in [2.45, 2.75) is 20.8 Å². The van der Waals surface area contributed by atoms with Crippen LogP contribution in [0.5, 0.6) is 0 Å². The molecule has 1 aromatic rings. The summed E-state index contributed by atoms with van der Waals surface area (Å²) in [4.78, 5) is 11.5. The number of amides is 1. The van der Waals surface area contributed by atoms with E-state index in [1.165, 1.54) is 0 Å². The van der Waals surface area contributed by atoms with Crippen molar-refractivity contribution in [1.82, 2.24) is 5.32 Å². The lowest BCUT2D eigenvalue weighted by Gasteiger charge is -1.99. The Morgan fingerprint density at radius 1 is 1.46 bits per heavy atom. The minimum absolute atomic E-state index is 0.0938. The summed E-state index contributed by atoms with van der Waals surface area (Å²) in [5, 5.41) is 2.73. The van der Waals surface area contributed by atoms with Gasteiger partial charge in [0.2, 0.25) is 0 Å². The summed E-state index contributed by atoms with van der Waals surface area (Å²) in [7, 11) is 0. The van der Waals surface area contributed by atoms with Gasteiger partial charge in [0.25, 0.3) is 5.91 Å². The average Bonchev–Trinajstić information content (AvgIpc) is 2.27. The van der Waals surface area contributed by atoms with E-state index in [1.807, 2.05) is 13.8 Å². The maximum atomic E-state index is 11.5. The Bertz CT molecular complexity index is 331. The number of halogens is 1. The lowest BCUT2D eigenvalue weighted by Crippen LogP contribution is -2.23. The highest BCUT2D eigenvalue weighted by Gasteiger charge is 2.18. The van der Waals surface area contributed by atoms with Crippen molar-refractivity contribution in [1.29, 1.82) is 0 Å². The number of aryl methyl sites for hydroxylation is 2. The van der Waals surface area contributed by atoms with Crippen LogP contribution in [0.25, 0.3) is 0 Å². The molecule has 1 N–H and O–H groups in total. The van der Waals surface area contributed by atoms with Gasteiger partial charge in [-0.05, 0) is 36.7 Å². The van der Waals surface area contributed by atoms with E-state index in [-0.39, 0.29) is 5.91 Å². The summed E-state index contributed by atoms with van der Waals surface area (Å²) in [5.41, 5.74) is 0.597. The van der Waals surface area contributed by atoms with E-state index >= 15 is 0 Å². The molecule has 0 aliphatic heterocycles. The quantitative estimate of drug-likeness (QED) is 0.870. The molecule has 13 heavy (non-hydrogen) atoms. The maximum absolute atomic E-state index is 11.5. The van der Waals surface area contributed by atoms with Crippen LogP contribution in [-0.4, -0.2) is 12.5 Å². The van der Waals surface area contributed by atoms with Crippen LogP contribution in [0.4, 0.5) is 0 Å².